The van der Waals surface area contributed by atoms with E-state index in [1.807, 2.05) is 25.3 Å². The number of pyridine rings is 1. The van der Waals surface area contributed by atoms with Crippen LogP contribution in [-0.4, -0.2) is 33.4 Å². The zero-order chi connectivity index (χ0) is 22.0. The molecule has 0 aliphatic carbocycles. The molecular weight excluding hydrogens is 392 g/mol. The normalized spacial score (nSPS) is 17.6. The molecule has 162 valence electrons. The van der Waals surface area contributed by atoms with Gasteiger partial charge in [-0.05, 0) is 65.9 Å². The largest absolute Gasteiger partial charge is 0.493 e. The van der Waals surface area contributed by atoms with Crippen molar-refractivity contribution < 1.29 is 18.9 Å². The zero-order valence-electron chi connectivity index (χ0n) is 18.6. The van der Waals surface area contributed by atoms with E-state index in [0.29, 0.717) is 17.2 Å². The van der Waals surface area contributed by atoms with E-state index >= 15 is 0 Å². The molecule has 0 fully saturated rings. The molecule has 0 radical (unpaired) electrons. The van der Waals surface area contributed by atoms with Gasteiger partial charge in [0, 0.05) is 6.20 Å². The van der Waals surface area contributed by atoms with Crippen molar-refractivity contribution in [3.8, 4) is 23.0 Å². The van der Waals surface area contributed by atoms with Gasteiger partial charge in [0.05, 0.1) is 46.2 Å². The first-order valence-corrected chi connectivity index (χ1v) is 10.2. The highest BCUT2D eigenvalue weighted by atomic mass is 16.5. The summed E-state index contributed by atoms with van der Waals surface area (Å²) in [5.41, 5.74) is 5.57. The molecule has 0 saturated heterocycles. The quantitative estimate of drug-likeness (QED) is 0.638. The fraction of sp³-hybridized carbons (Fsp3) is 0.320. The van der Waals surface area contributed by atoms with Crippen molar-refractivity contribution in [3.63, 3.8) is 0 Å². The predicted molar refractivity (Wildman–Crippen MR) is 119 cm³/mol. The first kappa shape index (κ1) is 21.0. The van der Waals surface area contributed by atoms with Gasteiger partial charge in [0.2, 0.25) is 0 Å². The number of methoxy groups -OCH3 is 4. The zero-order valence-corrected chi connectivity index (χ0v) is 18.6. The van der Waals surface area contributed by atoms with E-state index in [9.17, 15) is 0 Å². The summed E-state index contributed by atoms with van der Waals surface area (Å²) in [4.78, 5) is 4.68. The lowest BCUT2D eigenvalue weighted by Crippen LogP contribution is -2.34. The number of nitrogens with zero attached hydrogens (tertiary/aromatic N) is 1. The second-order valence-corrected chi connectivity index (χ2v) is 7.64. The SMILES string of the molecule is COc1ccc([C@H]2N[C@@H](c3ccc(C)cn3)Cc3cc(OC)c(OC)cc32)cc1OC. The van der Waals surface area contributed by atoms with E-state index in [1.165, 1.54) is 5.56 Å². The van der Waals surface area contributed by atoms with Crippen molar-refractivity contribution in [1.29, 1.82) is 0 Å². The third-order valence-corrected chi connectivity index (χ3v) is 5.78. The lowest BCUT2D eigenvalue weighted by atomic mass is 9.85. The predicted octanol–water partition coefficient (Wildman–Crippen LogP) is 4.40. The fourth-order valence-electron chi connectivity index (χ4n) is 4.14. The minimum atomic E-state index is -0.0727. The highest BCUT2D eigenvalue weighted by molar-refractivity contribution is 5.54. The lowest BCUT2D eigenvalue weighted by Gasteiger charge is -2.34. The number of fused-ring (bicyclic) bond motifs is 1. The Morgan fingerprint density at radius 3 is 2.13 bits per heavy atom. The molecule has 3 aromatic rings. The fourth-order valence-corrected chi connectivity index (χ4v) is 4.14. The van der Waals surface area contributed by atoms with E-state index in [4.69, 9.17) is 18.9 Å². The molecule has 0 saturated carbocycles. The summed E-state index contributed by atoms with van der Waals surface area (Å²) in [5, 5.41) is 3.78. The molecule has 1 N–H and O–H groups in total. The summed E-state index contributed by atoms with van der Waals surface area (Å²) in [6.07, 6.45) is 2.71. The lowest BCUT2D eigenvalue weighted by molar-refractivity contribution is 0.349. The number of rotatable bonds is 6. The third kappa shape index (κ3) is 4.03. The van der Waals surface area contributed by atoms with Gasteiger partial charge in [-0.2, -0.15) is 0 Å². The molecule has 0 spiro atoms. The standard InChI is InChI=1S/C25H28N2O4/c1-15-6-8-19(26-14-15)20-10-17-12-23(30-4)24(31-5)13-18(17)25(27-20)16-7-9-21(28-2)22(11-16)29-3/h6-9,11-14,20,25,27H,10H2,1-5H3/t20-,25-/m1/s1. The van der Waals surface area contributed by atoms with Crippen LogP contribution in [0.1, 0.15) is 40.0 Å². The van der Waals surface area contributed by atoms with Crippen molar-refractivity contribution in [3.05, 3.63) is 76.6 Å². The minimum Gasteiger partial charge on any atom is -0.493 e. The van der Waals surface area contributed by atoms with Crippen LogP contribution < -0.4 is 24.3 Å². The van der Waals surface area contributed by atoms with Gasteiger partial charge in [0.1, 0.15) is 0 Å². The second-order valence-electron chi connectivity index (χ2n) is 7.64. The van der Waals surface area contributed by atoms with Gasteiger partial charge in [-0.15, -0.1) is 0 Å². The molecule has 1 aliphatic heterocycles. The number of aryl methyl sites for hydroxylation is 1. The van der Waals surface area contributed by atoms with E-state index < -0.39 is 0 Å². The molecule has 1 aliphatic rings. The van der Waals surface area contributed by atoms with E-state index in [1.54, 1.807) is 28.4 Å². The Hall–Kier alpha value is -3.25. The second kappa shape index (κ2) is 8.86. The molecule has 4 rings (SSSR count). The van der Waals surface area contributed by atoms with Gasteiger partial charge < -0.3 is 18.9 Å². The van der Waals surface area contributed by atoms with E-state index in [-0.39, 0.29) is 12.1 Å². The van der Waals surface area contributed by atoms with Crippen molar-refractivity contribution in [1.82, 2.24) is 10.3 Å². The van der Waals surface area contributed by atoms with Gasteiger partial charge >= 0.3 is 0 Å². The van der Waals surface area contributed by atoms with Crippen molar-refractivity contribution in [2.75, 3.05) is 28.4 Å². The third-order valence-electron chi connectivity index (χ3n) is 5.78. The number of hydrogen-bond donors (Lipinski definition) is 1. The molecule has 6 nitrogen and oxygen atoms in total. The highest BCUT2D eigenvalue weighted by Crippen LogP contribution is 2.42. The van der Waals surface area contributed by atoms with Crippen LogP contribution in [0.2, 0.25) is 0 Å². The van der Waals surface area contributed by atoms with Gasteiger partial charge in [-0.1, -0.05) is 12.1 Å². The smallest absolute Gasteiger partial charge is 0.161 e. The van der Waals surface area contributed by atoms with E-state index in [2.05, 4.69) is 40.6 Å². The minimum absolute atomic E-state index is 0.0595. The number of ether oxygens (including phenoxy) is 4. The van der Waals surface area contributed by atoms with Crippen molar-refractivity contribution >= 4 is 0 Å². The van der Waals surface area contributed by atoms with Gasteiger partial charge in [0.15, 0.2) is 23.0 Å². The Bertz CT molecular complexity index is 1070. The van der Waals surface area contributed by atoms with Crippen LogP contribution in [0.15, 0.2) is 48.7 Å². The molecule has 2 heterocycles. The maximum absolute atomic E-state index is 5.58. The summed E-state index contributed by atoms with van der Waals surface area (Å²) >= 11 is 0. The van der Waals surface area contributed by atoms with Gasteiger partial charge in [-0.25, -0.2) is 0 Å². The van der Waals surface area contributed by atoms with Crippen LogP contribution in [0.5, 0.6) is 23.0 Å². The molecule has 1 aromatic heterocycles. The Balaban J connectivity index is 1.83. The van der Waals surface area contributed by atoms with Crippen LogP contribution in [0.3, 0.4) is 0 Å². The molecule has 31 heavy (non-hydrogen) atoms. The molecule has 2 aromatic carbocycles. The number of aromatic nitrogens is 1. The first-order chi connectivity index (χ1) is 15.1. The van der Waals surface area contributed by atoms with E-state index in [0.717, 1.165) is 34.6 Å². The van der Waals surface area contributed by atoms with Crippen LogP contribution in [-0.2, 0) is 6.42 Å². The van der Waals surface area contributed by atoms with Crippen LogP contribution in [0.4, 0.5) is 0 Å². The van der Waals surface area contributed by atoms with Crippen LogP contribution in [0.25, 0.3) is 0 Å². The van der Waals surface area contributed by atoms with Crippen LogP contribution in [0, 0.1) is 6.92 Å². The Kier molecular flexibility index (Phi) is 6.00. The maximum atomic E-state index is 5.58. The molecule has 0 amide bonds. The van der Waals surface area contributed by atoms with Crippen molar-refractivity contribution in [2.24, 2.45) is 0 Å². The Morgan fingerprint density at radius 1 is 0.806 bits per heavy atom. The highest BCUT2D eigenvalue weighted by Gasteiger charge is 2.31. The molecule has 6 heteroatoms. The molecular formula is C25H28N2O4. The Labute approximate surface area is 183 Å². The summed E-state index contributed by atoms with van der Waals surface area (Å²) in [6, 6.07) is 14.3. The average molecular weight is 421 g/mol. The molecule has 0 unspecified atom stereocenters. The Morgan fingerprint density at radius 2 is 1.48 bits per heavy atom. The molecule has 2 atom stereocenters. The number of nitrogens with one attached hydrogen (secondary N) is 1. The first-order valence-electron chi connectivity index (χ1n) is 10.2. The van der Waals surface area contributed by atoms with Crippen molar-refractivity contribution in [2.45, 2.75) is 25.4 Å². The average Bonchev–Trinajstić information content (AvgIpc) is 2.82. The monoisotopic (exact) mass is 420 g/mol. The van der Waals surface area contributed by atoms with Crippen LogP contribution >= 0.6 is 0 Å². The number of benzene rings is 2. The summed E-state index contributed by atoms with van der Waals surface area (Å²) in [7, 11) is 6.61. The summed E-state index contributed by atoms with van der Waals surface area (Å²) < 4.78 is 22.1. The van der Waals surface area contributed by atoms with Gasteiger partial charge in [-0.3, -0.25) is 10.3 Å². The molecule has 0 bridgehead atoms. The van der Waals surface area contributed by atoms with Gasteiger partial charge in [0.25, 0.3) is 0 Å². The number of hydrogen-bond acceptors (Lipinski definition) is 6. The summed E-state index contributed by atoms with van der Waals surface area (Å²) in [6.45, 7) is 2.05. The summed E-state index contributed by atoms with van der Waals surface area (Å²) in [5.74, 6) is 2.83. The maximum Gasteiger partial charge on any atom is 0.161 e. The topological polar surface area (TPSA) is 61.8 Å².